The highest BCUT2D eigenvalue weighted by molar-refractivity contribution is 5.94. The summed E-state index contributed by atoms with van der Waals surface area (Å²) >= 11 is 0. The number of methoxy groups -OCH3 is 1. The molecule has 28 heavy (non-hydrogen) atoms. The Balaban J connectivity index is 3.34. The minimum atomic E-state index is -1.26. The summed E-state index contributed by atoms with van der Waals surface area (Å²) in [6.45, 7) is 4.69. The molecular formula is C19H29N3O6. The fraction of sp³-hybridized carbons (Fsp3) is 0.526. The molecular weight excluding hydrogens is 366 g/mol. The molecule has 156 valence electrons. The summed E-state index contributed by atoms with van der Waals surface area (Å²) in [6, 6.07) is 5.52. The number of carbonyl (C=O) groups excluding carboxylic acids is 3. The van der Waals surface area contributed by atoms with Gasteiger partial charge in [-0.1, -0.05) is 32.9 Å². The minimum absolute atomic E-state index is 0.388. The Kier molecular flexibility index (Phi) is 8.39. The average Bonchev–Trinajstić information content (AvgIpc) is 2.68. The summed E-state index contributed by atoms with van der Waals surface area (Å²) in [5.74, 6) is -3.78. The van der Waals surface area contributed by atoms with Crippen LogP contribution in [0.3, 0.4) is 0 Å². The molecule has 3 atom stereocenters. The molecule has 0 aromatic heterocycles. The zero-order valence-corrected chi connectivity index (χ0v) is 16.8. The number of aliphatic hydroxyl groups is 1. The Hall–Kier alpha value is -2.65. The Morgan fingerprint density at radius 3 is 2.04 bits per heavy atom. The quantitative estimate of drug-likeness (QED) is 0.314. The maximum Gasteiger partial charge on any atom is 0.249 e. The van der Waals surface area contributed by atoms with Crippen LogP contribution in [0.2, 0.25) is 0 Å². The SMILES string of the molecule is CNC(=O)C(NC(=O)C(c1ccc(OC)cc1)C(CO)C(=O)NO)C(C)(C)C. The van der Waals surface area contributed by atoms with Gasteiger partial charge in [-0.25, -0.2) is 5.48 Å². The lowest BCUT2D eigenvalue weighted by molar-refractivity contribution is -0.140. The van der Waals surface area contributed by atoms with Crippen LogP contribution < -0.4 is 20.9 Å². The van der Waals surface area contributed by atoms with Crippen LogP contribution in [0.4, 0.5) is 0 Å². The predicted octanol–water partition coefficient (Wildman–Crippen LogP) is 0.170. The van der Waals surface area contributed by atoms with Gasteiger partial charge in [-0.15, -0.1) is 0 Å². The Bertz CT molecular complexity index is 684. The van der Waals surface area contributed by atoms with Crippen LogP contribution in [0.25, 0.3) is 0 Å². The standard InChI is InChI=1S/C19H29N3O6/c1-19(2,3)15(18(26)20-4)21-17(25)14(13(10-23)16(24)22-27)11-6-8-12(28-5)9-7-11/h6-9,13-15,23,27H,10H2,1-5H3,(H,20,26)(H,21,25)(H,22,24). The van der Waals surface area contributed by atoms with Gasteiger partial charge in [0.05, 0.1) is 25.6 Å². The molecule has 0 aliphatic heterocycles. The highest BCUT2D eigenvalue weighted by Gasteiger charge is 2.39. The molecule has 3 amide bonds. The van der Waals surface area contributed by atoms with Gasteiger partial charge in [-0.05, 0) is 23.1 Å². The highest BCUT2D eigenvalue weighted by atomic mass is 16.5. The van der Waals surface area contributed by atoms with E-state index in [1.54, 1.807) is 45.0 Å². The molecule has 0 heterocycles. The van der Waals surface area contributed by atoms with Crippen molar-refractivity contribution in [3.63, 3.8) is 0 Å². The first-order valence-corrected chi connectivity index (χ1v) is 8.81. The number of carbonyl (C=O) groups is 3. The average molecular weight is 395 g/mol. The van der Waals surface area contributed by atoms with Gasteiger partial charge in [0.15, 0.2) is 0 Å². The maximum atomic E-state index is 13.1. The number of hydroxylamine groups is 1. The van der Waals surface area contributed by atoms with E-state index in [9.17, 15) is 19.5 Å². The highest BCUT2D eigenvalue weighted by Crippen LogP contribution is 2.29. The van der Waals surface area contributed by atoms with Crippen molar-refractivity contribution in [2.45, 2.75) is 32.7 Å². The van der Waals surface area contributed by atoms with Crippen LogP contribution in [-0.4, -0.2) is 54.8 Å². The van der Waals surface area contributed by atoms with Crippen LogP contribution in [-0.2, 0) is 14.4 Å². The number of hydrogen-bond acceptors (Lipinski definition) is 6. The topological polar surface area (TPSA) is 137 Å². The van der Waals surface area contributed by atoms with Crippen molar-refractivity contribution in [1.82, 2.24) is 16.1 Å². The zero-order chi connectivity index (χ0) is 21.5. The number of hydrogen-bond donors (Lipinski definition) is 5. The molecule has 1 aromatic carbocycles. The van der Waals surface area contributed by atoms with Crippen molar-refractivity contribution in [3.8, 4) is 5.75 Å². The van der Waals surface area contributed by atoms with Gasteiger partial charge < -0.3 is 20.5 Å². The summed E-state index contributed by atoms with van der Waals surface area (Å²) < 4.78 is 5.10. The minimum Gasteiger partial charge on any atom is -0.497 e. The lowest BCUT2D eigenvalue weighted by Crippen LogP contribution is -2.55. The van der Waals surface area contributed by atoms with Crippen molar-refractivity contribution in [2.75, 3.05) is 20.8 Å². The van der Waals surface area contributed by atoms with Gasteiger partial charge in [0, 0.05) is 7.05 Å². The first kappa shape index (κ1) is 23.4. The second-order valence-electron chi connectivity index (χ2n) is 7.44. The molecule has 3 unspecified atom stereocenters. The van der Waals surface area contributed by atoms with Crippen molar-refractivity contribution in [2.24, 2.45) is 11.3 Å². The molecule has 0 bridgehead atoms. The van der Waals surface area contributed by atoms with Gasteiger partial charge >= 0.3 is 0 Å². The maximum absolute atomic E-state index is 13.1. The Morgan fingerprint density at radius 1 is 1.07 bits per heavy atom. The molecule has 0 radical (unpaired) electrons. The van der Waals surface area contributed by atoms with Crippen LogP contribution in [0, 0.1) is 11.3 Å². The second-order valence-corrected chi connectivity index (χ2v) is 7.44. The predicted molar refractivity (Wildman–Crippen MR) is 102 cm³/mol. The molecule has 0 fully saturated rings. The molecule has 0 saturated carbocycles. The lowest BCUT2D eigenvalue weighted by atomic mass is 9.82. The largest absolute Gasteiger partial charge is 0.497 e. The number of likely N-dealkylation sites (N-methyl/N-ethyl adjacent to an activating group) is 1. The Morgan fingerprint density at radius 2 is 1.64 bits per heavy atom. The summed E-state index contributed by atoms with van der Waals surface area (Å²) in [5.41, 5.74) is 1.30. The van der Waals surface area contributed by atoms with Crippen LogP contribution in [0.5, 0.6) is 5.75 Å². The first-order chi connectivity index (χ1) is 13.1. The van der Waals surface area contributed by atoms with Gasteiger partial charge in [-0.2, -0.15) is 0 Å². The van der Waals surface area contributed by atoms with E-state index in [0.29, 0.717) is 11.3 Å². The molecule has 1 rings (SSSR count). The van der Waals surface area contributed by atoms with Gasteiger partial charge in [0.25, 0.3) is 0 Å². The van der Waals surface area contributed by atoms with Gasteiger partial charge in [-0.3, -0.25) is 19.6 Å². The second kappa shape index (κ2) is 10.0. The monoisotopic (exact) mass is 395 g/mol. The molecule has 0 aliphatic rings. The van der Waals surface area contributed by atoms with E-state index >= 15 is 0 Å². The summed E-state index contributed by atoms with van der Waals surface area (Å²) in [7, 11) is 2.95. The fourth-order valence-electron chi connectivity index (χ4n) is 2.85. The smallest absolute Gasteiger partial charge is 0.249 e. The summed E-state index contributed by atoms with van der Waals surface area (Å²) in [4.78, 5) is 37.4. The fourth-order valence-corrected chi connectivity index (χ4v) is 2.85. The zero-order valence-electron chi connectivity index (χ0n) is 16.8. The number of rotatable bonds is 8. The van der Waals surface area contributed by atoms with E-state index < -0.39 is 41.7 Å². The van der Waals surface area contributed by atoms with E-state index in [1.807, 2.05) is 0 Å². The molecule has 9 nitrogen and oxygen atoms in total. The molecule has 0 saturated heterocycles. The molecule has 0 spiro atoms. The van der Waals surface area contributed by atoms with Crippen molar-refractivity contribution in [1.29, 1.82) is 0 Å². The van der Waals surface area contributed by atoms with E-state index in [2.05, 4.69) is 10.6 Å². The summed E-state index contributed by atoms with van der Waals surface area (Å²) in [5, 5.41) is 23.9. The van der Waals surface area contributed by atoms with E-state index in [-0.39, 0.29) is 5.91 Å². The number of aliphatic hydroxyl groups excluding tert-OH is 1. The van der Waals surface area contributed by atoms with Crippen LogP contribution >= 0.6 is 0 Å². The summed E-state index contributed by atoms with van der Waals surface area (Å²) in [6.07, 6.45) is 0. The molecule has 9 heteroatoms. The Labute approximate surface area is 164 Å². The number of nitrogens with one attached hydrogen (secondary N) is 3. The normalized spacial score (nSPS) is 14.4. The molecule has 5 N–H and O–H groups in total. The van der Waals surface area contributed by atoms with Crippen LogP contribution in [0.15, 0.2) is 24.3 Å². The van der Waals surface area contributed by atoms with Crippen molar-refractivity contribution in [3.05, 3.63) is 29.8 Å². The molecule has 0 aliphatic carbocycles. The third kappa shape index (κ3) is 5.67. The van der Waals surface area contributed by atoms with E-state index in [1.165, 1.54) is 19.6 Å². The van der Waals surface area contributed by atoms with Crippen molar-refractivity contribution < 1.29 is 29.4 Å². The number of ether oxygens (including phenoxy) is 1. The van der Waals surface area contributed by atoms with Crippen molar-refractivity contribution >= 4 is 17.7 Å². The third-order valence-corrected chi connectivity index (χ3v) is 4.46. The number of amides is 3. The van der Waals surface area contributed by atoms with Crippen LogP contribution in [0.1, 0.15) is 32.3 Å². The van der Waals surface area contributed by atoms with E-state index in [4.69, 9.17) is 9.94 Å². The first-order valence-electron chi connectivity index (χ1n) is 8.81. The van der Waals surface area contributed by atoms with Gasteiger partial charge in [0.1, 0.15) is 11.8 Å². The third-order valence-electron chi connectivity index (χ3n) is 4.46. The lowest BCUT2D eigenvalue weighted by Gasteiger charge is -2.32. The molecule has 1 aromatic rings. The van der Waals surface area contributed by atoms with Gasteiger partial charge in [0.2, 0.25) is 17.7 Å². The van der Waals surface area contributed by atoms with E-state index in [0.717, 1.165) is 0 Å². The number of benzene rings is 1.